The standard InChI is InChI=1S/C68H119O11P/c1-4-7-10-13-16-19-22-25-28-31-32-35-36-39-42-45-48-51-54-57-66(70)75-61-65(79-68(72)59-56-53-50-47-44-41-38-34-30-27-24-21-18-15-12-9-6-3)63-77-80(73,74)76-62-64(60-69)78-67(71)58-55-52-49-46-43-40-37-33-29-26-23-20-17-14-11-8-5-2/h7,10,16,18-19,21,25,27-28,30,32,35,39,42,64-65,69H,4-6,8-9,11-15,17,20,22-24,26,29,31,33-34,36-38,40-41,43-63H2,1-3H3,(H,73,74)/b10-7-,19-16-,21-18-,28-25-,30-27-,35-32-,42-39-. The van der Waals surface area contributed by atoms with E-state index in [1.165, 1.54) is 122 Å². The van der Waals surface area contributed by atoms with Crippen molar-refractivity contribution in [1.82, 2.24) is 0 Å². The molecule has 0 aromatic rings. The molecule has 0 saturated heterocycles. The minimum Gasteiger partial charge on any atom is -0.462 e. The van der Waals surface area contributed by atoms with Gasteiger partial charge in [-0.05, 0) is 96.3 Å². The third-order valence-electron chi connectivity index (χ3n) is 13.8. The van der Waals surface area contributed by atoms with E-state index in [0.29, 0.717) is 19.3 Å². The van der Waals surface area contributed by atoms with Gasteiger partial charge in [-0.15, -0.1) is 0 Å². The van der Waals surface area contributed by atoms with Crippen molar-refractivity contribution in [3.8, 4) is 0 Å². The molecule has 462 valence electrons. The lowest BCUT2D eigenvalue weighted by molar-refractivity contribution is -0.161. The Balaban J connectivity index is 4.74. The first-order valence-electron chi connectivity index (χ1n) is 32.5. The van der Waals surface area contributed by atoms with Crippen molar-refractivity contribution in [3.05, 3.63) is 85.1 Å². The van der Waals surface area contributed by atoms with E-state index in [-0.39, 0.29) is 25.9 Å². The third kappa shape index (κ3) is 59.3. The minimum atomic E-state index is -4.77. The van der Waals surface area contributed by atoms with Crippen LogP contribution in [-0.2, 0) is 42.2 Å². The van der Waals surface area contributed by atoms with E-state index in [0.717, 1.165) is 109 Å². The molecule has 3 unspecified atom stereocenters. The molecule has 80 heavy (non-hydrogen) atoms. The molecule has 0 saturated carbocycles. The molecule has 0 spiro atoms. The van der Waals surface area contributed by atoms with E-state index in [1.54, 1.807) is 0 Å². The van der Waals surface area contributed by atoms with Crippen LogP contribution in [-0.4, -0.2) is 66.5 Å². The summed E-state index contributed by atoms with van der Waals surface area (Å²) in [4.78, 5) is 48.8. The molecular weight excluding hydrogens is 1020 g/mol. The molecule has 0 rings (SSSR count). The van der Waals surface area contributed by atoms with Gasteiger partial charge in [0.2, 0.25) is 0 Å². The third-order valence-corrected chi connectivity index (χ3v) is 14.8. The van der Waals surface area contributed by atoms with E-state index in [4.69, 9.17) is 23.3 Å². The van der Waals surface area contributed by atoms with Crippen molar-refractivity contribution >= 4 is 25.7 Å². The normalized spacial score (nSPS) is 13.8. The molecule has 0 aliphatic rings. The number of unbranched alkanes of at least 4 members (excludes halogenated alkanes) is 29. The van der Waals surface area contributed by atoms with E-state index >= 15 is 0 Å². The van der Waals surface area contributed by atoms with Crippen LogP contribution in [0, 0.1) is 0 Å². The number of phosphoric acid groups is 1. The number of aliphatic hydroxyl groups excluding tert-OH is 1. The van der Waals surface area contributed by atoms with Gasteiger partial charge in [-0.1, -0.05) is 260 Å². The Kier molecular flexibility index (Phi) is 59.1. The predicted molar refractivity (Wildman–Crippen MR) is 334 cm³/mol. The van der Waals surface area contributed by atoms with Gasteiger partial charge < -0.3 is 24.2 Å². The Bertz CT molecular complexity index is 1670. The number of hydrogen-bond acceptors (Lipinski definition) is 10. The highest BCUT2D eigenvalue weighted by Crippen LogP contribution is 2.43. The number of phosphoric ester groups is 1. The average molecular weight is 1140 g/mol. The zero-order valence-corrected chi connectivity index (χ0v) is 52.2. The lowest BCUT2D eigenvalue weighted by atomic mass is 10.0. The molecule has 0 heterocycles. The first kappa shape index (κ1) is 76.7. The zero-order valence-electron chi connectivity index (χ0n) is 51.3. The monoisotopic (exact) mass is 1140 g/mol. The second-order valence-corrected chi connectivity index (χ2v) is 23.0. The molecule has 0 aliphatic heterocycles. The van der Waals surface area contributed by atoms with E-state index < -0.39 is 57.8 Å². The summed E-state index contributed by atoms with van der Waals surface area (Å²) in [5.41, 5.74) is 0. The zero-order chi connectivity index (χ0) is 58.3. The van der Waals surface area contributed by atoms with Crippen LogP contribution in [0.4, 0.5) is 0 Å². The molecular formula is C68H119O11P. The van der Waals surface area contributed by atoms with Crippen molar-refractivity contribution in [2.45, 2.75) is 303 Å². The first-order valence-corrected chi connectivity index (χ1v) is 34.0. The van der Waals surface area contributed by atoms with Gasteiger partial charge in [-0.3, -0.25) is 23.4 Å². The Morgan fingerprint density at radius 1 is 0.362 bits per heavy atom. The molecule has 12 heteroatoms. The summed E-state index contributed by atoms with van der Waals surface area (Å²) in [5.74, 6) is -1.50. The molecule has 2 N–H and O–H groups in total. The minimum absolute atomic E-state index is 0.149. The summed E-state index contributed by atoms with van der Waals surface area (Å²) in [6.45, 7) is 4.51. The Hall–Kier alpha value is -3.34. The van der Waals surface area contributed by atoms with E-state index in [2.05, 4.69) is 106 Å². The molecule has 0 amide bonds. The van der Waals surface area contributed by atoms with Crippen molar-refractivity contribution in [3.63, 3.8) is 0 Å². The van der Waals surface area contributed by atoms with Gasteiger partial charge in [0, 0.05) is 19.3 Å². The highest BCUT2D eigenvalue weighted by atomic mass is 31.2. The number of esters is 3. The van der Waals surface area contributed by atoms with Crippen LogP contribution in [0.2, 0.25) is 0 Å². The van der Waals surface area contributed by atoms with Gasteiger partial charge in [0.25, 0.3) is 0 Å². The second kappa shape index (κ2) is 61.7. The summed E-state index contributed by atoms with van der Waals surface area (Å²) < 4.78 is 39.7. The number of ether oxygens (including phenoxy) is 3. The molecule has 0 radical (unpaired) electrons. The maximum atomic E-state index is 13.0. The maximum Gasteiger partial charge on any atom is 0.472 e. The predicted octanol–water partition coefficient (Wildman–Crippen LogP) is 19.8. The molecule has 11 nitrogen and oxygen atoms in total. The van der Waals surface area contributed by atoms with Crippen molar-refractivity contribution < 1.29 is 52.2 Å². The molecule has 0 bridgehead atoms. The summed E-state index contributed by atoms with van der Waals surface area (Å²) in [5, 5.41) is 9.86. The number of carbonyl (C=O) groups is 3. The number of carbonyl (C=O) groups excluding carboxylic acids is 3. The van der Waals surface area contributed by atoms with Crippen LogP contribution in [0.25, 0.3) is 0 Å². The average Bonchev–Trinajstić information content (AvgIpc) is 3.45. The summed E-state index contributed by atoms with van der Waals surface area (Å²) in [6, 6.07) is 0. The first-order chi connectivity index (χ1) is 39.2. The highest BCUT2D eigenvalue weighted by molar-refractivity contribution is 7.47. The smallest absolute Gasteiger partial charge is 0.462 e. The van der Waals surface area contributed by atoms with Crippen LogP contribution in [0.3, 0.4) is 0 Å². The summed E-state index contributed by atoms with van der Waals surface area (Å²) in [6.07, 6.45) is 72.4. The molecule has 3 atom stereocenters. The molecule has 0 fully saturated rings. The van der Waals surface area contributed by atoms with Gasteiger partial charge in [0.15, 0.2) is 6.10 Å². The Labute approximate surface area is 490 Å². The van der Waals surface area contributed by atoms with Crippen LogP contribution < -0.4 is 0 Å². The van der Waals surface area contributed by atoms with Crippen LogP contribution in [0.1, 0.15) is 290 Å². The van der Waals surface area contributed by atoms with Crippen molar-refractivity contribution in [2.24, 2.45) is 0 Å². The lowest BCUT2D eigenvalue weighted by Crippen LogP contribution is -2.30. The molecule has 0 aromatic heterocycles. The maximum absolute atomic E-state index is 13.0. The van der Waals surface area contributed by atoms with Crippen molar-refractivity contribution in [2.75, 3.05) is 26.4 Å². The second-order valence-electron chi connectivity index (χ2n) is 21.6. The quantitative estimate of drug-likeness (QED) is 0.0197. The SMILES string of the molecule is CC/C=C\C/C=C\C/C=C\C/C=C\C/C=C\CCCCCC(=O)OCC(COP(=O)(O)OCC(CO)OC(=O)CCCCCCCCCCCCCCCCCCC)OC(=O)CCCCCCCCC/C=C\C/C=C\CCCCC. The number of hydrogen-bond donors (Lipinski definition) is 2. The number of rotatable bonds is 60. The summed E-state index contributed by atoms with van der Waals surface area (Å²) >= 11 is 0. The van der Waals surface area contributed by atoms with Gasteiger partial charge in [0.1, 0.15) is 12.7 Å². The van der Waals surface area contributed by atoms with Crippen LogP contribution in [0.5, 0.6) is 0 Å². The fraction of sp³-hybridized carbons (Fsp3) is 0.750. The summed E-state index contributed by atoms with van der Waals surface area (Å²) in [7, 11) is -4.77. The fourth-order valence-corrected chi connectivity index (χ4v) is 9.67. The fourth-order valence-electron chi connectivity index (χ4n) is 8.89. The van der Waals surface area contributed by atoms with E-state index in [1.807, 2.05) is 0 Å². The molecule has 0 aromatic carbocycles. The van der Waals surface area contributed by atoms with Gasteiger partial charge in [-0.25, -0.2) is 4.57 Å². The lowest BCUT2D eigenvalue weighted by Gasteiger charge is -2.21. The highest BCUT2D eigenvalue weighted by Gasteiger charge is 2.28. The molecule has 0 aliphatic carbocycles. The largest absolute Gasteiger partial charge is 0.472 e. The van der Waals surface area contributed by atoms with Gasteiger partial charge in [-0.2, -0.15) is 0 Å². The number of allylic oxidation sites excluding steroid dienone is 14. The van der Waals surface area contributed by atoms with Crippen molar-refractivity contribution in [1.29, 1.82) is 0 Å². The van der Waals surface area contributed by atoms with Gasteiger partial charge in [0.05, 0.1) is 19.8 Å². The van der Waals surface area contributed by atoms with Gasteiger partial charge >= 0.3 is 25.7 Å². The van der Waals surface area contributed by atoms with E-state index in [9.17, 15) is 28.9 Å². The van der Waals surface area contributed by atoms with Crippen LogP contribution in [0.15, 0.2) is 85.1 Å². The Morgan fingerprint density at radius 3 is 1.04 bits per heavy atom. The number of aliphatic hydroxyl groups is 1. The van der Waals surface area contributed by atoms with Crippen LogP contribution >= 0.6 is 7.82 Å². The Morgan fingerprint density at radius 2 is 0.650 bits per heavy atom. The topological polar surface area (TPSA) is 155 Å².